The maximum Gasteiger partial charge on any atom is 0.206 e. The van der Waals surface area contributed by atoms with Crippen molar-refractivity contribution in [2.75, 3.05) is 0 Å². The van der Waals surface area contributed by atoms with Crippen molar-refractivity contribution in [2.45, 2.75) is 11.9 Å². The number of rotatable bonds is 2. The Kier molecular flexibility index (Phi) is 4.06. The van der Waals surface area contributed by atoms with E-state index in [1.54, 1.807) is 6.92 Å². The highest BCUT2D eigenvalue weighted by Gasteiger charge is 1.90. The predicted octanol–water partition coefficient (Wildman–Crippen LogP) is 1.95. The molecule has 0 aliphatic carbocycles. The smallest absolute Gasteiger partial charge is 0.206 e. The summed E-state index contributed by atoms with van der Waals surface area (Å²) in [7, 11) is 0. The van der Waals surface area contributed by atoms with Crippen molar-refractivity contribution in [1.29, 1.82) is 0 Å². The lowest BCUT2D eigenvalue weighted by Crippen LogP contribution is -1.87. The van der Waals surface area contributed by atoms with E-state index in [0.717, 1.165) is 0 Å². The van der Waals surface area contributed by atoms with Crippen LogP contribution in [0.15, 0.2) is 0 Å². The van der Waals surface area contributed by atoms with Gasteiger partial charge >= 0.3 is 0 Å². The van der Waals surface area contributed by atoms with Crippen LogP contribution in [0.4, 0.5) is 0 Å². The van der Waals surface area contributed by atoms with Crippen LogP contribution < -0.4 is 0 Å². The molecule has 0 aliphatic heterocycles. The van der Waals surface area contributed by atoms with Gasteiger partial charge < -0.3 is 4.74 Å². The van der Waals surface area contributed by atoms with Crippen molar-refractivity contribution in [3.05, 3.63) is 6.61 Å². The third-order valence-corrected chi connectivity index (χ3v) is 0.445. The summed E-state index contributed by atoms with van der Waals surface area (Å²) in [5, 5.41) is -0.713. The summed E-state index contributed by atoms with van der Waals surface area (Å²) in [5.74, 6) is 0. The number of hydrogen-bond acceptors (Lipinski definition) is 1. The molecular formula is C3H5Cl2O. The zero-order valence-corrected chi connectivity index (χ0v) is 4.83. The average molecular weight is 128 g/mol. The molecule has 37 valence electrons. The quantitative estimate of drug-likeness (QED) is 0.516. The largest absolute Gasteiger partial charge is 0.343 e. The average Bonchev–Trinajstić information content (AvgIpc) is 1.35. The second-order valence-corrected chi connectivity index (χ2v) is 1.65. The monoisotopic (exact) mass is 127 g/mol. The Bertz CT molecular complexity index is 30.0. The third kappa shape index (κ3) is 4.54. The van der Waals surface area contributed by atoms with Crippen molar-refractivity contribution in [1.82, 2.24) is 0 Å². The van der Waals surface area contributed by atoms with Crippen molar-refractivity contribution >= 4 is 23.2 Å². The van der Waals surface area contributed by atoms with Crippen LogP contribution in [0.2, 0.25) is 0 Å². The summed E-state index contributed by atoms with van der Waals surface area (Å²) in [4.78, 5) is 0. The van der Waals surface area contributed by atoms with Crippen LogP contribution in [0.1, 0.15) is 6.92 Å². The predicted molar refractivity (Wildman–Crippen MR) is 26.6 cm³/mol. The van der Waals surface area contributed by atoms with Gasteiger partial charge in [-0.15, -0.1) is 0 Å². The first kappa shape index (κ1) is 6.54. The fourth-order valence-electron chi connectivity index (χ4n) is 0.103. The summed E-state index contributed by atoms with van der Waals surface area (Å²) < 4.78 is 4.45. The minimum absolute atomic E-state index is 0.713. The summed E-state index contributed by atoms with van der Waals surface area (Å²) in [6.07, 6.45) is 0. The van der Waals surface area contributed by atoms with E-state index in [-0.39, 0.29) is 0 Å². The molecule has 0 N–H and O–H groups in total. The van der Waals surface area contributed by atoms with Crippen molar-refractivity contribution in [3.8, 4) is 0 Å². The van der Waals surface area contributed by atoms with E-state index in [9.17, 15) is 0 Å². The molecule has 0 aromatic rings. The Morgan fingerprint density at radius 1 is 1.67 bits per heavy atom. The Labute approximate surface area is 47.2 Å². The van der Waals surface area contributed by atoms with E-state index in [2.05, 4.69) is 4.74 Å². The van der Waals surface area contributed by atoms with E-state index >= 15 is 0 Å². The van der Waals surface area contributed by atoms with E-state index in [0.29, 0.717) is 0 Å². The Hall–Kier alpha value is 0.540. The second-order valence-electron chi connectivity index (χ2n) is 0.632. The molecule has 0 amide bonds. The molecule has 0 spiro atoms. The van der Waals surface area contributed by atoms with Gasteiger partial charge in [0.05, 0.1) is 6.61 Å². The van der Waals surface area contributed by atoms with Gasteiger partial charge in [0.1, 0.15) is 0 Å². The molecule has 0 bridgehead atoms. The highest BCUT2D eigenvalue weighted by Crippen LogP contribution is 2.02. The zero-order chi connectivity index (χ0) is 4.99. The minimum Gasteiger partial charge on any atom is -0.343 e. The molecule has 0 fully saturated rings. The number of halogens is 2. The molecule has 0 heterocycles. The first-order chi connectivity index (χ1) is 2.77. The molecular weight excluding hydrogens is 123 g/mol. The lowest BCUT2D eigenvalue weighted by Gasteiger charge is -1.94. The van der Waals surface area contributed by atoms with E-state index in [4.69, 9.17) is 23.2 Å². The van der Waals surface area contributed by atoms with Crippen molar-refractivity contribution in [2.24, 2.45) is 0 Å². The van der Waals surface area contributed by atoms with Gasteiger partial charge in [-0.2, -0.15) is 0 Å². The standard InChI is InChI=1S/C3H5Cl2O/c1-2-6-3(4)5/h2-3H,1H3. The fraction of sp³-hybridized carbons (Fsp3) is 0.667. The molecule has 0 unspecified atom stereocenters. The molecule has 0 saturated heterocycles. The van der Waals surface area contributed by atoms with E-state index in [1.165, 1.54) is 6.61 Å². The van der Waals surface area contributed by atoms with Gasteiger partial charge in [0.15, 0.2) is 0 Å². The molecule has 6 heavy (non-hydrogen) atoms. The highest BCUT2D eigenvalue weighted by molar-refractivity contribution is 6.43. The molecule has 0 rings (SSSR count). The topological polar surface area (TPSA) is 9.23 Å². The Morgan fingerprint density at radius 3 is 2.17 bits per heavy atom. The number of ether oxygens (including phenoxy) is 1. The lowest BCUT2D eigenvalue weighted by molar-refractivity contribution is 0.231. The van der Waals surface area contributed by atoms with Gasteiger partial charge in [-0.3, -0.25) is 0 Å². The summed E-state index contributed by atoms with van der Waals surface area (Å²) >= 11 is 10.2. The van der Waals surface area contributed by atoms with Gasteiger partial charge in [-0.1, -0.05) is 23.2 Å². The van der Waals surface area contributed by atoms with Gasteiger partial charge in [0.25, 0.3) is 0 Å². The molecule has 0 aliphatic rings. The van der Waals surface area contributed by atoms with Crippen molar-refractivity contribution < 1.29 is 4.74 Å². The summed E-state index contributed by atoms with van der Waals surface area (Å²) in [5.41, 5.74) is 0. The molecule has 0 aromatic carbocycles. The lowest BCUT2D eigenvalue weighted by atomic mass is 10.9. The first-order valence-electron chi connectivity index (χ1n) is 1.49. The van der Waals surface area contributed by atoms with Crippen LogP contribution in [0.3, 0.4) is 0 Å². The Morgan fingerprint density at radius 2 is 2.17 bits per heavy atom. The fourth-order valence-corrected chi connectivity index (χ4v) is 0.309. The van der Waals surface area contributed by atoms with Crippen LogP contribution in [-0.2, 0) is 4.74 Å². The molecule has 0 aromatic heterocycles. The molecule has 0 atom stereocenters. The van der Waals surface area contributed by atoms with Crippen LogP contribution in [-0.4, -0.2) is 5.02 Å². The molecule has 1 nitrogen and oxygen atoms in total. The number of hydrogen-bond donors (Lipinski definition) is 0. The SMILES string of the molecule is C[CH]OC(Cl)Cl. The maximum absolute atomic E-state index is 5.09. The van der Waals surface area contributed by atoms with Crippen LogP contribution in [0.5, 0.6) is 0 Å². The number of alkyl halides is 2. The van der Waals surface area contributed by atoms with Crippen LogP contribution in [0, 0.1) is 6.61 Å². The summed E-state index contributed by atoms with van der Waals surface area (Å²) in [6, 6.07) is 0. The van der Waals surface area contributed by atoms with Crippen LogP contribution >= 0.6 is 23.2 Å². The highest BCUT2D eigenvalue weighted by atomic mass is 35.5. The van der Waals surface area contributed by atoms with Gasteiger partial charge in [-0.05, 0) is 6.92 Å². The van der Waals surface area contributed by atoms with Crippen LogP contribution in [0.25, 0.3) is 0 Å². The minimum atomic E-state index is -0.713. The Balaban J connectivity index is 2.63. The third-order valence-electron chi connectivity index (χ3n) is 0.239. The molecule has 3 heteroatoms. The molecule has 0 saturated carbocycles. The van der Waals surface area contributed by atoms with Crippen molar-refractivity contribution in [3.63, 3.8) is 0 Å². The zero-order valence-electron chi connectivity index (χ0n) is 3.32. The van der Waals surface area contributed by atoms with E-state index in [1.807, 2.05) is 0 Å². The molecule has 1 radical (unpaired) electrons. The maximum atomic E-state index is 5.09. The second kappa shape index (κ2) is 3.72. The van der Waals surface area contributed by atoms with Gasteiger partial charge in [-0.25, -0.2) is 0 Å². The normalized spacial score (nSPS) is 10.0. The van der Waals surface area contributed by atoms with Gasteiger partial charge in [0.2, 0.25) is 5.02 Å². The van der Waals surface area contributed by atoms with E-state index < -0.39 is 5.02 Å². The summed E-state index contributed by atoms with van der Waals surface area (Å²) in [6.45, 7) is 3.14. The first-order valence-corrected chi connectivity index (χ1v) is 2.36. The van der Waals surface area contributed by atoms with Gasteiger partial charge in [0, 0.05) is 0 Å².